The molecule has 0 aliphatic heterocycles. The first-order valence-corrected chi connectivity index (χ1v) is 4.31. The lowest BCUT2D eigenvalue weighted by atomic mass is 10.2. The predicted molar refractivity (Wildman–Crippen MR) is 52.7 cm³/mol. The van der Waals surface area contributed by atoms with Gasteiger partial charge in [-0.15, -0.1) is 0 Å². The second-order valence-electron chi connectivity index (χ2n) is 2.37. The molecule has 0 aliphatic rings. The lowest BCUT2D eigenvalue weighted by Crippen LogP contribution is -1.68. The van der Waals surface area contributed by atoms with Crippen LogP contribution in [-0.4, -0.2) is 10.1 Å². The van der Waals surface area contributed by atoms with Gasteiger partial charge in [0.25, 0.3) is 0 Å². The van der Waals surface area contributed by atoms with E-state index < -0.39 is 0 Å². The van der Waals surface area contributed by atoms with E-state index in [9.17, 15) is 5.11 Å². The maximum absolute atomic E-state index is 9.24. The van der Waals surface area contributed by atoms with Crippen LogP contribution in [0.2, 0.25) is 0 Å². The topological polar surface area (TPSA) is 36.0 Å². The van der Waals surface area contributed by atoms with Gasteiger partial charge in [-0.1, -0.05) is 0 Å². The number of rotatable bonds is 0. The van der Waals surface area contributed by atoms with Gasteiger partial charge in [-0.25, -0.2) is 0 Å². The molecule has 0 aliphatic carbocycles. The highest BCUT2D eigenvalue weighted by atomic mass is 127. The summed E-state index contributed by atoms with van der Waals surface area (Å²) in [5.74, 6) is 0.247. The Morgan fingerprint density at radius 2 is 2.18 bits per heavy atom. The van der Waals surface area contributed by atoms with E-state index >= 15 is 0 Å². The van der Waals surface area contributed by atoms with Crippen molar-refractivity contribution in [2.75, 3.05) is 0 Å². The number of fused-ring (bicyclic) bond motifs is 1. The Kier molecular flexibility index (Phi) is 1.52. The van der Waals surface area contributed by atoms with Gasteiger partial charge < -0.3 is 10.1 Å². The van der Waals surface area contributed by atoms with Crippen molar-refractivity contribution in [2.24, 2.45) is 0 Å². The second-order valence-corrected chi connectivity index (χ2v) is 3.61. The zero-order valence-corrected chi connectivity index (χ0v) is 7.79. The Morgan fingerprint density at radius 3 is 3.00 bits per heavy atom. The van der Waals surface area contributed by atoms with E-state index in [1.54, 1.807) is 6.20 Å². The minimum absolute atomic E-state index is 0.247. The quantitative estimate of drug-likeness (QED) is 0.700. The fourth-order valence-electron chi connectivity index (χ4n) is 1.09. The van der Waals surface area contributed by atoms with Gasteiger partial charge in [0.1, 0.15) is 0 Å². The molecular formula is C8H6INO. The zero-order chi connectivity index (χ0) is 7.84. The number of halogens is 1. The van der Waals surface area contributed by atoms with Gasteiger partial charge >= 0.3 is 0 Å². The summed E-state index contributed by atoms with van der Waals surface area (Å²) in [7, 11) is 0. The van der Waals surface area contributed by atoms with E-state index in [0.717, 1.165) is 10.8 Å². The predicted octanol–water partition coefficient (Wildman–Crippen LogP) is 2.48. The third kappa shape index (κ3) is 1.09. The van der Waals surface area contributed by atoms with Crippen LogP contribution in [0.25, 0.3) is 10.8 Å². The number of aromatic hydroxyl groups is 1. The van der Waals surface area contributed by atoms with Crippen LogP contribution in [0.15, 0.2) is 24.4 Å². The van der Waals surface area contributed by atoms with Gasteiger partial charge in [-0.3, -0.25) is 0 Å². The van der Waals surface area contributed by atoms with Crippen LogP contribution >= 0.6 is 22.6 Å². The number of benzene rings is 1. The van der Waals surface area contributed by atoms with Crippen molar-refractivity contribution in [2.45, 2.75) is 0 Å². The van der Waals surface area contributed by atoms with E-state index in [1.165, 1.54) is 3.57 Å². The molecule has 2 nitrogen and oxygen atoms in total. The third-order valence-corrected chi connectivity index (χ3v) is 2.30. The number of hydrogen-bond donors (Lipinski definition) is 2. The fourth-order valence-corrected chi connectivity index (χ4v) is 1.61. The first-order chi connectivity index (χ1) is 5.27. The van der Waals surface area contributed by atoms with Crippen LogP contribution in [0.4, 0.5) is 0 Å². The van der Waals surface area contributed by atoms with Crippen LogP contribution in [0, 0.1) is 3.57 Å². The average Bonchev–Trinajstić information content (AvgIpc) is 2.32. The summed E-state index contributed by atoms with van der Waals surface area (Å²) in [6.45, 7) is 0. The zero-order valence-electron chi connectivity index (χ0n) is 5.63. The van der Waals surface area contributed by atoms with Gasteiger partial charge in [-0.2, -0.15) is 0 Å². The summed E-state index contributed by atoms with van der Waals surface area (Å²) < 4.78 is 1.18. The van der Waals surface area contributed by atoms with E-state index in [4.69, 9.17) is 0 Å². The lowest BCUT2D eigenvalue weighted by Gasteiger charge is -1.90. The molecule has 2 rings (SSSR count). The SMILES string of the molecule is Oc1[nH]cc2cc(I)ccc12. The molecule has 2 N–H and O–H groups in total. The molecule has 1 aromatic carbocycles. The van der Waals surface area contributed by atoms with Crippen molar-refractivity contribution >= 4 is 33.4 Å². The minimum Gasteiger partial charge on any atom is -0.494 e. The third-order valence-electron chi connectivity index (χ3n) is 1.63. The van der Waals surface area contributed by atoms with E-state index in [-0.39, 0.29) is 5.88 Å². The number of aromatic nitrogens is 1. The highest BCUT2D eigenvalue weighted by Gasteiger charge is 2.00. The van der Waals surface area contributed by atoms with Gasteiger partial charge in [0.05, 0.1) is 0 Å². The molecule has 0 saturated heterocycles. The molecule has 1 aromatic heterocycles. The summed E-state index contributed by atoms with van der Waals surface area (Å²) in [6.07, 6.45) is 1.80. The normalized spacial score (nSPS) is 10.6. The summed E-state index contributed by atoms with van der Waals surface area (Å²) in [5, 5.41) is 11.2. The van der Waals surface area contributed by atoms with Crippen LogP contribution < -0.4 is 0 Å². The monoisotopic (exact) mass is 259 g/mol. The highest BCUT2D eigenvalue weighted by molar-refractivity contribution is 14.1. The molecule has 11 heavy (non-hydrogen) atoms. The Bertz CT molecular complexity index is 394. The Morgan fingerprint density at radius 1 is 1.36 bits per heavy atom. The summed E-state index contributed by atoms with van der Waals surface area (Å²) in [4.78, 5) is 2.76. The summed E-state index contributed by atoms with van der Waals surface area (Å²) in [6, 6.07) is 5.89. The van der Waals surface area contributed by atoms with Crippen LogP contribution in [-0.2, 0) is 0 Å². The molecule has 0 amide bonds. The second kappa shape index (κ2) is 2.41. The molecule has 56 valence electrons. The van der Waals surface area contributed by atoms with Crippen molar-refractivity contribution in [3.05, 3.63) is 28.0 Å². The van der Waals surface area contributed by atoms with Gasteiger partial charge in [0.15, 0.2) is 5.88 Å². The van der Waals surface area contributed by atoms with Crippen LogP contribution in [0.5, 0.6) is 5.88 Å². The average molecular weight is 259 g/mol. The number of hydrogen-bond acceptors (Lipinski definition) is 1. The van der Waals surface area contributed by atoms with Crippen LogP contribution in [0.1, 0.15) is 0 Å². The number of aromatic amines is 1. The van der Waals surface area contributed by atoms with E-state index in [0.29, 0.717) is 0 Å². The Balaban J connectivity index is 2.86. The van der Waals surface area contributed by atoms with Crippen molar-refractivity contribution in [3.8, 4) is 5.88 Å². The number of H-pyrrole nitrogens is 1. The van der Waals surface area contributed by atoms with Crippen LogP contribution in [0.3, 0.4) is 0 Å². The standard InChI is InChI=1S/C8H6INO/c9-6-1-2-7-5(3-6)4-10-8(7)11/h1-4,10-11H. The molecule has 0 bridgehead atoms. The molecule has 3 heteroatoms. The highest BCUT2D eigenvalue weighted by Crippen LogP contribution is 2.24. The first-order valence-electron chi connectivity index (χ1n) is 3.23. The smallest absolute Gasteiger partial charge is 0.196 e. The molecule has 0 radical (unpaired) electrons. The molecule has 0 fully saturated rings. The largest absolute Gasteiger partial charge is 0.494 e. The molecule has 0 saturated carbocycles. The van der Waals surface area contributed by atoms with Crippen molar-refractivity contribution in [1.29, 1.82) is 0 Å². The summed E-state index contributed by atoms with van der Waals surface area (Å²) in [5.41, 5.74) is 0. The maximum Gasteiger partial charge on any atom is 0.196 e. The molecular weight excluding hydrogens is 253 g/mol. The van der Waals surface area contributed by atoms with Crippen molar-refractivity contribution in [3.63, 3.8) is 0 Å². The number of nitrogens with one attached hydrogen (secondary N) is 1. The Labute approximate surface area is 77.4 Å². The van der Waals surface area contributed by atoms with Gasteiger partial charge in [0, 0.05) is 20.5 Å². The molecule has 1 heterocycles. The lowest BCUT2D eigenvalue weighted by molar-refractivity contribution is 0.462. The van der Waals surface area contributed by atoms with Crippen molar-refractivity contribution < 1.29 is 5.11 Å². The maximum atomic E-state index is 9.24. The van der Waals surface area contributed by atoms with E-state index in [1.807, 2.05) is 18.2 Å². The minimum atomic E-state index is 0.247. The fraction of sp³-hybridized carbons (Fsp3) is 0. The van der Waals surface area contributed by atoms with Gasteiger partial charge in [-0.05, 0) is 40.8 Å². The molecule has 2 aromatic rings. The summed E-state index contributed by atoms with van der Waals surface area (Å²) >= 11 is 2.24. The van der Waals surface area contributed by atoms with Gasteiger partial charge in [0.2, 0.25) is 0 Å². The Hall–Kier alpha value is -0.710. The molecule has 0 spiro atoms. The first kappa shape index (κ1) is 6.97. The van der Waals surface area contributed by atoms with Crippen molar-refractivity contribution in [1.82, 2.24) is 4.98 Å². The molecule has 0 atom stereocenters. The van der Waals surface area contributed by atoms with E-state index in [2.05, 4.69) is 27.6 Å². The molecule has 0 unspecified atom stereocenters.